The zero-order valence-electron chi connectivity index (χ0n) is 14.8. The lowest BCUT2D eigenvalue weighted by Gasteiger charge is -2.13. The first kappa shape index (κ1) is 18.7. The lowest BCUT2D eigenvalue weighted by Crippen LogP contribution is -2.37. The number of aryl methyl sites for hydroxylation is 4. The van der Waals surface area contributed by atoms with Crippen molar-refractivity contribution >= 4 is 28.9 Å². The van der Waals surface area contributed by atoms with E-state index in [1.165, 1.54) is 0 Å². The van der Waals surface area contributed by atoms with Crippen molar-refractivity contribution in [2.75, 3.05) is 11.9 Å². The second kappa shape index (κ2) is 7.98. The fraction of sp³-hybridized carbons (Fsp3) is 0.263. The van der Waals surface area contributed by atoms with Gasteiger partial charge >= 0.3 is 0 Å². The first-order valence-electron chi connectivity index (χ1n) is 7.87. The number of phenolic OH excluding ortho intramolecular Hbond substituents is 1. The van der Waals surface area contributed by atoms with Gasteiger partial charge in [0, 0.05) is 0 Å². The quantitative estimate of drug-likeness (QED) is 0.576. The molecule has 6 heteroatoms. The summed E-state index contributed by atoms with van der Waals surface area (Å²) in [5, 5.41) is 15.4. The number of aromatic hydroxyl groups is 1. The molecular formula is C19H22N2O3S. The second-order valence-corrected chi connectivity index (χ2v) is 6.40. The van der Waals surface area contributed by atoms with Crippen molar-refractivity contribution in [3.05, 3.63) is 52.6 Å². The predicted octanol–water partition coefficient (Wildman–Crippen LogP) is 3.52. The monoisotopic (exact) mass is 358 g/mol. The molecule has 1 amide bonds. The highest BCUT2D eigenvalue weighted by molar-refractivity contribution is 7.80. The summed E-state index contributed by atoms with van der Waals surface area (Å²) < 4.78 is 5.46. The maximum Gasteiger partial charge on any atom is 0.264 e. The molecule has 0 fully saturated rings. The van der Waals surface area contributed by atoms with Gasteiger partial charge in [-0.25, -0.2) is 0 Å². The SMILES string of the molecule is Cc1ccc(OCC(=O)NC(=S)Nc2cc(C)c(C)cc2O)cc1C. The Hall–Kier alpha value is -2.60. The molecule has 0 bridgehead atoms. The Kier molecular flexibility index (Phi) is 5.98. The van der Waals surface area contributed by atoms with E-state index in [9.17, 15) is 9.90 Å². The van der Waals surface area contributed by atoms with E-state index in [4.69, 9.17) is 17.0 Å². The van der Waals surface area contributed by atoms with Crippen LogP contribution in [0.25, 0.3) is 0 Å². The average Bonchev–Trinajstić information content (AvgIpc) is 2.53. The maximum atomic E-state index is 11.9. The number of amides is 1. The summed E-state index contributed by atoms with van der Waals surface area (Å²) in [6.45, 7) is 7.68. The van der Waals surface area contributed by atoms with E-state index in [0.717, 1.165) is 22.3 Å². The minimum absolute atomic E-state index is 0.0751. The topological polar surface area (TPSA) is 70.6 Å². The second-order valence-electron chi connectivity index (χ2n) is 5.99. The van der Waals surface area contributed by atoms with E-state index >= 15 is 0 Å². The minimum atomic E-state index is -0.376. The van der Waals surface area contributed by atoms with Gasteiger partial charge in [0.1, 0.15) is 11.5 Å². The third kappa shape index (κ3) is 5.19. The van der Waals surface area contributed by atoms with E-state index in [0.29, 0.717) is 11.4 Å². The number of nitrogens with one attached hydrogen (secondary N) is 2. The number of benzene rings is 2. The van der Waals surface area contributed by atoms with Gasteiger partial charge < -0.3 is 15.2 Å². The molecule has 0 unspecified atom stereocenters. The van der Waals surface area contributed by atoms with Gasteiger partial charge in [-0.1, -0.05) is 6.07 Å². The molecule has 132 valence electrons. The number of anilines is 1. The van der Waals surface area contributed by atoms with Crippen LogP contribution >= 0.6 is 12.2 Å². The third-order valence-corrected chi connectivity index (χ3v) is 4.17. The van der Waals surface area contributed by atoms with Gasteiger partial charge in [0.2, 0.25) is 0 Å². The van der Waals surface area contributed by atoms with Crippen LogP contribution in [-0.4, -0.2) is 22.7 Å². The predicted molar refractivity (Wildman–Crippen MR) is 103 cm³/mol. The van der Waals surface area contributed by atoms with Crippen LogP contribution in [0.4, 0.5) is 5.69 Å². The molecule has 25 heavy (non-hydrogen) atoms. The average molecular weight is 358 g/mol. The molecule has 0 aliphatic carbocycles. The van der Waals surface area contributed by atoms with Crippen LogP contribution in [0.15, 0.2) is 30.3 Å². The van der Waals surface area contributed by atoms with E-state index < -0.39 is 0 Å². The smallest absolute Gasteiger partial charge is 0.264 e. The molecule has 0 aliphatic rings. The molecule has 0 heterocycles. The molecule has 0 aliphatic heterocycles. The van der Waals surface area contributed by atoms with Crippen LogP contribution in [0.3, 0.4) is 0 Å². The van der Waals surface area contributed by atoms with Crippen molar-refractivity contribution in [1.82, 2.24) is 5.32 Å². The zero-order chi connectivity index (χ0) is 18.6. The van der Waals surface area contributed by atoms with Crippen molar-refractivity contribution in [2.24, 2.45) is 0 Å². The summed E-state index contributed by atoms with van der Waals surface area (Å²) in [6, 6.07) is 9.06. The third-order valence-electron chi connectivity index (χ3n) is 3.96. The first-order valence-corrected chi connectivity index (χ1v) is 8.28. The molecule has 0 saturated carbocycles. The lowest BCUT2D eigenvalue weighted by molar-refractivity contribution is -0.121. The Bertz CT molecular complexity index is 819. The zero-order valence-corrected chi connectivity index (χ0v) is 15.6. The van der Waals surface area contributed by atoms with Gasteiger partial charge in [-0.2, -0.15) is 0 Å². The summed E-state index contributed by atoms with van der Waals surface area (Å²) in [6.07, 6.45) is 0. The Balaban J connectivity index is 1.89. The molecule has 3 N–H and O–H groups in total. The summed E-state index contributed by atoms with van der Waals surface area (Å²) in [5.41, 5.74) is 4.69. The highest BCUT2D eigenvalue weighted by atomic mass is 32.1. The van der Waals surface area contributed by atoms with Crippen molar-refractivity contribution in [1.29, 1.82) is 0 Å². The number of hydrogen-bond donors (Lipinski definition) is 3. The highest BCUT2D eigenvalue weighted by Gasteiger charge is 2.09. The van der Waals surface area contributed by atoms with Crippen molar-refractivity contribution < 1.29 is 14.6 Å². The largest absolute Gasteiger partial charge is 0.506 e. The molecule has 0 spiro atoms. The standard InChI is InChI=1S/C19H22N2O3S/c1-11-5-6-15(7-12(11)2)24-10-18(23)21-19(25)20-16-8-13(3)14(4)9-17(16)22/h5-9,22H,10H2,1-4H3,(H2,20,21,23,25). The van der Waals surface area contributed by atoms with Gasteiger partial charge in [-0.3, -0.25) is 10.1 Å². The number of hydrogen-bond acceptors (Lipinski definition) is 4. The number of carbonyl (C=O) groups excluding carboxylic acids is 1. The van der Waals surface area contributed by atoms with Gasteiger partial charge in [0.25, 0.3) is 5.91 Å². The molecule has 0 radical (unpaired) electrons. The van der Waals surface area contributed by atoms with Gasteiger partial charge in [-0.15, -0.1) is 0 Å². The summed E-state index contributed by atoms with van der Waals surface area (Å²) in [5.74, 6) is 0.328. The Morgan fingerprint density at radius 2 is 1.68 bits per heavy atom. The minimum Gasteiger partial charge on any atom is -0.506 e. The summed E-state index contributed by atoms with van der Waals surface area (Å²) in [4.78, 5) is 11.9. The molecule has 5 nitrogen and oxygen atoms in total. The normalized spacial score (nSPS) is 10.2. The molecule has 2 aromatic rings. The fourth-order valence-electron chi connectivity index (χ4n) is 2.17. The molecule has 0 atom stereocenters. The molecular weight excluding hydrogens is 336 g/mol. The number of rotatable bonds is 4. The van der Waals surface area contributed by atoms with Crippen LogP contribution in [0.2, 0.25) is 0 Å². The first-order chi connectivity index (χ1) is 11.8. The van der Waals surface area contributed by atoms with Crippen LogP contribution in [-0.2, 0) is 4.79 Å². The number of phenols is 1. The Morgan fingerprint density at radius 3 is 2.36 bits per heavy atom. The summed E-state index contributed by atoms with van der Waals surface area (Å²) in [7, 11) is 0. The van der Waals surface area contributed by atoms with Crippen molar-refractivity contribution in [3.8, 4) is 11.5 Å². The fourth-order valence-corrected chi connectivity index (χ4v) is 2.39. The Morgan fingerprint density at radius 1 is 1.04 bits per heavy atom. The van der Waals surface area contributed by atoms with E-state index in [1.54, 1.807) is 12.1 Å². The van der Waals surface area contributed by atoms with Crippen LogP contribution < -0.4 is 15.4 Å². The number of thiocarbonyl (C=S) groups is 1. The van der Waals surface area contributed by atoms with E-state index in [-0.39, 0.29) is 23.4 Å². The number of carbonyl (C=O) groups is 1. The van der Waals surface area contributed by atoms with Gasteiger partial charge in [0.15, 0.2) is 11.7 Å². The molecule has 2 aromatic carbocycles. The Labute approximate surface area is 153 Å². The molecule has 0 aromatic heterocycles. The van der Waals surface area contributed by atoms with Crippen molar-refractivity contribution in [3.63, 3.8) is 0 Å². The molecule has 2 rings (SSSR count). The lowest BCUT2D eigenvalue weighted by atomic mass is 10.1. The maximum absolute atomic E-state index is 11.9. The van der Waals surface area contributed by atoms with Gasteiger partial charge in [-0.05, 0) is 86.4 Å². The van der Waals surface area contributed by atoms with E-state index in [2.05, 4.69) is 10.6 Å². The summed E-state index contributed by atoms with van der Waals surface area (Å²) >= 11 is 5.11. The van der Waals surface area contributed by atoms with Crippen molar-refractivity contribution in [2.45, 2.75) is 27.7 Å². The highest BCUT2D eigenvalue weighted by Crippen LogP contribution is 2.26. The van der Waals surface area contributed by atoms with Crippen LogP contribution in [0, 0.1) is 27.7 Å². The van der Waals surface area contributed by atoms with Crippen LogP contribution in [0.5, 0.6) is 11.5 Å². The molecule has 0 saturated heterocycles. The van der Waals surface area contributed by atoms with Gasteiger partial charge in [0.05, 0.1) is 5.69 Å². The van der Waals surface area contributed by atoms with E-state index in [1.807, 2.05) is 45.9 Å². The van der Waals surface area contributed by atoms with Crippen LogP contribution in [0.1, 0.15) is 22.3 Å². The number of ether oxygens (including phenoxy) is 1.